The molecule has 0 unspecified atom stereocenters. The van der Waals surface area contributed by atoms with Crippen LogP contribution in [0.4, 0.5) is 13.2 Å². The third-order valence-electron chi connectivity index (χ3n) is 0.401. The van der Waals surface area contributed by atoms with Crippen LogP contribution < -0.4 is 0 Å². The van der Waals surface area contributed by atoms with E-state index in [0.717, 1.165) is 6.92 Å². The van der Waals surface area contributed by atoms with Gasteiger partial charge in [-0.05, 0) is 0 Å². The Morgan fingerprint density at radius 1 is 1.38 bits per heavy atom. The minimum atomic E-state index is -3.96. The van der Waals surface area contributed by atoms with E-state index in [-0.39, 0.29) is 0 Å². The Morgan fingerprint density at radius 2 is 1.50 bits per heavy atom. The lowest BCUT2D eigenvalue weighted by Crippen LogP contribution is -2.02. The van der Waals surface area contributed by atoms with E-state index in [2.05, 4.69) is 0 Å². The lowest BCUT2D eigenvalue weighted by atomic mass is 10.5. The van der Waals surface area contributed by atoms with E-state index in [9.17, 15) is 13.2 Å². The summed E-state index contributed by atoms with van der Waals surface area (Å²) < 4.78 is 32.4. The molecule has 0 atom stereocenters. The van der Waals surface area contributed by atoms with Crippen molar-refractivity contribution >= 4 is 10.5 Å². The van der Waals surface area contributed by atoms with Gasteiger partial charge in [0.15, 0.2) is 0 Å². The standard InChI is InChI=1S/C3H5F3.H4OSi/c1-2-3(4,5)6;1-2/h2H2,1H3;1H,2H3. The maximum atomic E-state index is 10.8. The molecule has 0 saturated heterocycles. The first kappa shape index (κ1) is 10.9. The average Bonchev–Trinajstić information content (AvgIpc) is 1.71. The van der Waals surface area contributed by atoms with Crippen molar-refractivity contribution in [3.63, 3.8) is 0 Å². The highest BCUT2D eigenvalue weighted by Gasteiger charge is 2.22. The predicted molar refractivity (Wildman–Crippen MR) is 28.5 cm³/mol. The van der Waals surface area contributed by atoms with E-state index in [1.165, 1.54) is 0 Å². The van der Waals surface area contributed by atoms with E-state index in [4.69, 9.17) is 4.80 Å². The van der Waals surface area contributed by atoms with Crippen LogP contribution in [0.15, 0.2) is 0 Å². The normalized spacial score (nSPS) is 10.1. The fraction of sp³-hybridized carbons (Fsp3) is 1.00. The smallest absolute Gasteiger partial charge is 0.388 e. The van der Waals surface area contributed by atoms with E-state index < -0.39 is 12.6 Å². The molecule has 0 aliphatic rings. The maximum absolute atomic E-state index is 10.8. The van der Waals surface area contributed by atoms with Crippen molar-refractivity contribution in [3.05, 3.63) is 0 Å². The molecule has 0 aliphatic heterocycles. The quantitative estimate of drug-likeness (QED) is 0.485. The van der Waals surface area contributed by atoms with Gasteiger partial charge in [-0.25, -0.2) is 0 Å². The Hall–Kier alpha value is -0.0331. The molecule has 8 heavy (non-hydrogen) atoms. The fourth-order valence-electron chi connectivity index (χ4n) is 0. The van der Waals surface area contributed by atoms with E-state index >= 15 is 0 Å². The average molecular weight is 146 g/mol. The van der Waals surface area contributed by atoms with Crippen LogP contribution in [-0.2, 0) is 0 Å². The summed E-state index contributed by atoms with van der Waals surface area (Å²) in [5.41, 5.74) is 0. The molecule has 0 aromatic rings. The zero-order valence-electron chi connectivity index (χ0n) is 4.79. The third-order valence-corrected chi connectivity index (χ3v) is 0.401. The van der Waals surface area contributed by atoms with Gasteiger partial charge in [-0.3, -0.25) is 0 Å². The Balaban J connectivity index is 0. The summed E-state index contributed by atoms with van der Waals surface area (Å²) in [6.07, 6.45) is -4.69. The number of alkyl halides is 3. The molecular weight excluding hydrogens is 137 g/mol. The van der Waals surface area contributed by atoms with Gasteiger partial charge in [-0.15, -0.1) is 0 Å². The minimum Gasteiger partial charge on any atom is -0.442 e. The Kier molecular flexibility index (Phi) is 6.94. The number of rotatable bonds is 0. The van der Waals surface area contributed by atoms with Crippen LogP contribution in [0, 0.1) is 0 Å². The van der Waals surface area contributed by atoms with Crippen LogP contribution in [0.3, 0.4) is 0 Å². The molecule has 0 amide bonds. The molecule has 0 aliphatic carbocycles. The van der Waals surface area contributed by atoms with Gasteiger partial charge in [0, 0.05) is 6.42 Å². The van der Waals surface area contributed by atoms with Crippen LogP contribution in [0.2, 0.25) is 0 Å². The molecule has 0 radical (unpaired) electrons. The molecule has 1 nitrogen and oxygen atoms in total. The molecule has 52 valence electrons. The van der Waals surface area contributed by atoms with Crippen molar-refractivity contribution in [1.29, 1.82) is 0 Å². The molecule has 0 bridgehead atoms. The topological polar surface area (TPSA) is 20.2 Å². The highest BCUT2D eigenvalue weighted by molar-refractivity contribution is 5.95. The largest absolute Gasteiger partial charge is 0.442 e. The van der Waals surface area contributed by atoms with Crippen molar-refractivity contribution in [1.82, 2.24) is 0 Å². The highest BCUT2D eigenvalue weighted by Crippen LogP contribution is 2.17. The van der Waals surface area contributed by atoms with Gasteiger partial charge in [-0.1, -0.05) is 6.92 Å². The van der Waals surface area contributed by atoms with Gasteiger partial charge in [0.1, 0.15) is 10.5 Å². The predicted octanol–water partition coefficient (Wildman–Crippen LogP) is 0.218. The molecule has 0 heterocycles. The molecule has 5 heteroatoms. The van der Waals surface area contributed by atoms with Crippen LogP contribution >= 0.6 is 0 Å². The summed E-state index contributed by atoms with van der Waals surface area (Å²) in [5.74, 6) is 0. The van der Waals surface area contributed by atoms with E-state index in [1.807, 2.05) is 0 Å². The monoisotopic (exact) mass is 146 g/mol. The molecule has 0 aromatic heterocycles. The Morgan fingerprint density at radius 3 is 1.50 bits per heavy atom. The Bertz CT molecular complexity index is 44.3. The summed E-state index contributed by atoms with van der Waals surface area (Å²) in [5, 5.41) is 0. The third kappa shape index (κ3) is 16.7. The first-order chi connectivity index (χ1) is 3.56. The van der Waals surface area contributed by atoms with Crippen molar-refractivity contribution in [2.24, 2.45) is 0 Å². The molecule has 0 spiro atoms. The minimum absolute atomic E-state index is 0.306. The summed E-state index contributed by atoms with van der Waals surface area (Å²) >= 11 is 0. The van der Waals surface area contributed by atoms with E-state index in [1.54, 1.807) is 0 Å². The van der Waals surface area contributed by atoms with Gasteiger partial charge in [0.05, 0.1) is 0 Å². The SMILES string of the molecule is CCC(F)(F)F.O[SiH3]. The Labute approximate surface area is 49.1 Å². The fourth-order valence-corrected chi connectivity index (χ4v) is 0. The van der Waals surface area contributed by atoms with Gasteiger partial charge in [0.25, 0.3) is 0 Å². The second-order valence-electron chi connectivity index (χ2n) is 0.969. The van der Waals surface area contributed by atoms with Crippen molar-refractivity contribution in [3.8, 4) is 0 Å². The number of hydrogen-bond donors (Lipinski definition) is 1. The second kappa shape index (κ2) is 5.11. The van der Waals surface area contributed by atoms with Crippen LogP contribution in [0.25, 0.3) is 0 Å². The molecule has 0 saturated carbocycles. The van der Waals surface area contributed by atoms with Crippen LogP contribution in [-0.4, -0.2) is 21.5 Å². The summed E-state index contributed by atoms with van der Waals surface area (Å²) in [7, 11) is 0.306. The first-order valence-corrected chi connectivity index (χ1v) is 2.97. The van der Waals surface area contributed by atoms with Crippen LogP contribution in [0.1, 0.15) is 13.3 Å². The maximum Gasteiger partial charge on any atom is 0.388 e. The molecular formula is C3H9F3OSi. The van der Waals surface area contributed by atoms with Crippen LogP contribution in [0.5, 0.6) is 0 Å². The lowest BCUT2D eigenvalue weighted by molar-refractivity contribution is -0.130. The summed E-state index contributed by atoms with van der Waals surface area (Å²) in [4.78, 5) is 7.14. The molecule has 0 rings (SSSR count). The van der Waals surface area contributed by atoms with Crippen molar-refractivity contribution in [2.45, 2.75) is 19.5 Å². The van der Waals surface area contributed by atoms with E-state index in [0.29, 0.717) is 10.5 Å². The zero-order valence-corrected chi connectivity index (χ0v) is 6.79. The second-order valence-corrected chi connectivity index (χ2v) is 0.969. The lowest BCUT2D eigenvalue weighted by Gasteiger charge is -1.96. The summed E-state index contributed by atoms with van der Waals surface area (Å²) in [6, 6.07) is 0. The molecule has 1 N–H and O–H groups in total. The van der Waals surface area contributed by atoms with Gasteiger partial charge in [-0.2, -0.15) is 13.2 Å². The zero-order chi connectivity index (χ0) is 7.21. The van der Waals surface area contributed by atoms with Gasteiger partial charge >= 0.3 is 6.18 Å². The number of halogens is 3. The molecule has 0 fully saturated rings. The summed E-state index contributed by atoms with van der Waals surface area (Å²) in [6.45, 7) is 1.08. The van der Waals surface area contributed by atoms with Gasteiger partial charge < -0.3 is 4.80 Å². The van der Waals surface area contributed by atoms with Crippen molar-refractivity contribution in [2.75, 3.05) is 0 Å². The highest BCUT2D eigenvalue weighted by atomic mass is 28.2. The number of hydrogen-bond acceptors (Lipinski definition) is 1. The van der Waals surface area contributed by atoms with Crippen molar-refractivity contribution < 1.29 is 18.0 Å². The first-order valence-electron chi connectivity index (χ1n) is 2.07. The molecule has 0 aromatic carbocycles. The van der Waals surface area contributed by atoms with Gasteiger partial charge in [0.2, 0.25) is 0 Å².